The summed E-state index contributed by atoms with van der Waals surface area (Å²) in [4.78, 5) is 10.2. The van der Waals surface area contributed by atoms with Crippen LogP contribution in [-0.2, 0) is 4.74 Å². The molecule has 1 unspecified atom stereocenters. The van der Waals surface area contributed by atoms with Gasteiger partial charge in [-0.15, -0.1) is 0 Å². The monoisotopic (exact) mass is 363 g/mol. The molecule has 1 fully saturated rings. The molecule has 18 heavy (non-hydrogen) atoms. The van der Waals surface area contributed by atoms with Crippen molar-refractivity contribution in [3.05, 3.63) is 31.9 Å². The fourth-order valence-corrected chi connectivity index (χ4v) is 2.43. The van der Waals surface area contributed by atoms with Crippen molar-refractivity contribution in [1.29, 1.82) is 0 Å². The molecule has 0 amide bonds. The molecule has 1 saturated heterocycles. The highest BCUT2D eigenvalue weighted by Crippen LogP contribution is 2.23. The minimum atomic E-state index is -0.386. The Balaban J connectivity index is 1.94. The van der Waals surface area contributed by atoms with Crippen molar-refractivity contribution < 1.29 is 9.66 Å². The fourth-order valence-electron chi connectivity index (χ4n) is 1.74. The van der Waals surface area contributed by atoms with Crippen LogP contribution in [0.2, 0.25) is 0 Å². The second-order valence-corrected chi connectivity index (χ2v) is 5.19. The first kappa shape index (κ1) is 13.5. The van der Waals surface area contributed by atoms with E-state index in [1.165, 1.54) is 6.07 Å². The van der Waals surface area contributed by atoms with E-state index in [-0.39, 0.29) is 16.7 Å². The Morgan fingerprint density at radius 1 is 1.61 bits per heavy atom. The molecule has 2 rings (SSSR count). The van der Waals surface area contributed by atoms with E-state index < -0.39 is 0 Å². The second kappa shape index (κ2) is 6.30. The maximum Gasteiger partial charge on any atom is 0.270 e. The summed E-state index contributed by atoms with van der Waals surface area (Å²) in [6.45, 7) is 3.06. The molecule has 1 aliphatic rings. The van der Waals surface area contributed by atoms with Crippen LogP contribution in [0.15, 0.2) is 18.2 Å². The van der Waals surface area contributed by atoms with Gasteiger partial charge in [-0.1, -0.05) is 0 Å². The molecular weight excluding hydrogens is 349 g/mol. The summed E-state index contributed by atoms with van der Waals surface area (Å²) in [5, 5.41) is 17.2. The van der Waals surface area contributed by atoms with Crippen LogP contribution in [-0.4, -0.2) is 37.3 Å². The van der Waals surface area contributed by atoms with Crippen LogP contribution in [0, 0.1) is 13.7 Å². The SMILES string of the molecule is O=[N+]([O-])c1ccc(NCC2COCCN2)c(I)c1. The zero-order valence-electron chi connectivity index (χ0n) is 9.69. The maximum atomic E-state index is 10.6. The standard InChI is InChI=1S/C11H14IN3O3/c12-10-5-9(15(16)17)1-2-11(10)14-6-8-7-18-4-3-13-8/h1-2,5,8,13-14H,3-4,6-7H2. The fraction of sp³-hybridized carbons (Fsp3) is 0.455. The first-order chi connectivity index (χ1) is 8.66. The molecule has 1 heterocycles. The van der Waals surface area contributed by atoms with Crippen molar-refractivity contribution in [2.75, 3.05) is 31.6 Å². The number of anilines is 1. The van der Waals surface area contributed by atoms with Crippen LogP contribution in [0.5, 0.6) is 0 Å². The van der Waals surface area contributed by atoms with E-state index in [4.69, 9.17) is 4.74 Å². The zero-order valence-corrected chi connectivity index (χ0v) is 11.8. The van der Waals surface area contributed by atoms with Gasteiger partial charge in [0.2, 0.25) is 0 Å². The number of nitro groups is 1. The predicted octanol–water partition coefficient (Wildman–Crippen LogP) is 1.60. The topological polar surface area (TPSA) is 76.4 Å². The first-order valence-corrected chi connectivity index (χ1v) is 6.73. The number of morpholine rings is 1. The van der Waals surface area contributed by atoms with Crippen LogP contribution in [0.4, 0.5) is 11.4 Å². The van der Waals surface area contributed by atoms with Crippen LogP contribution >= 0.6 is 22.6 Å². The smallest absolute Gasteiger partial charge is 0.270 e. The van der Waals surface area contributed by atoms with Gasteiger partial charge < -0.3 is 15.4 Å². The number of non-ortho nitro benzene ring substituents is 1. The molecule has 0 bridgehead atoms. The summed E-state index contributed by atoms with van der Waals surface area (Å²) in [5.41, 5.74) is 1.03. The molecule has 1 atom stereocenters. The Bertz CT molecular complexity index is 436. The Morgan fingerprint density at radius 3 is 3.06 bits per heavy atom. The van der Waals surface area contributed by atoms with Crippen LogP contribution in [0.1, 0.15) is 0 Å². The molecule has 98 valence electrons. The third kappa shape index (κ3) is 3.53. The van der Waals surface area contributed by atoms with Gasteiger partial charge in [-0.3, -0.25) is 10.1 Å². The largest absolute Gasteiger partial charge is 0.383 e. The Morgan fingerprint density at radius 2 is 2.44 bits per heavy atom. The summed E-state index contributed by atoms with van der Waals surface area (Å²) < 4.78 is 6.20. The number of hydrogen-bond donors (Lipinski definition) is 2. The van der Waals surface area contributed by atoms with E-state index in [1.807, 2.05) is 0 Å². The van der Waals surface area contributed by atoms with E-state index >= 15 is 0 Å². The molecule has 7 heteroatoms. The summed E-state index contributed by atoms with van der Waals surface area (Å²) in [5.74, 6) is 0. The van der Waals surface area contributed by atoms with Crippen molar-refractivity contribution in [2.24, 2.45) is 0 Å². The highest BCUT2D eigenvalue weighted by molar-refractivity contribution is 14.1. The van der Waals surface area contributed by atoms with Gasteiger partial charge >= 0.3 is 0 Å². The number of halogens is 1. The molecular formula is C11H14IN3O3. The van der Waals surface area contributed by atoms with E-state index in [1.54, 1.807) is 12.1 Å². The maximum absolute atomic E-state index is 10.6. The minimum Gasteiger partial charge on any atom is -0.383 e. The molecule has 6 nitrogen and oxygen atoms in total. The minimum absolute atomic E-state index is 0.115. The van der Waals surface area contributed by atoms with Crippen LogP contribution in [0.25, 0.3) is 0 Å². The number of rotatable bonds is 4. The average Bonchev–Trinajstić information content (AvgIpc) is 2.38. The molecule has 0 aromatic heterocycles. The molecule has 0 aliphatic carbocycles. The van der Waals surface area contributed by atoms with E-state index in [0.29, 0.717) is 6.61 Å². The Labute approximate surface area is 118 Å². The van der Waals surface area contributed by atoms with Gasteiger partial charge in [0.15, 0.2) is 0 Å². The quantitative estimate of drug-likeness (QED) is 0.483. The highest BCUT2D eigenvalue weighted by Gasteiger charge is 2.14. The average molecular weight is 363 g/mol. The van der Waals surface area contributed by atoms with E-state index in [9.17, 15) is 10.1 Å². The number of nitrogens with one attached hydrogen (secondary N) is 2. The molecule has 0 radical (unpaired) electrons. The van der Waals surface area contributed by atoms with Crippen molar-refractivity contribution in [3.8, 4) is 0 Å². The van der Waals surface area contributed by atoms with Gasteiger partial charge in [-0.05, 0) is 28.7 Å². The number of benzene rings is 1. The van der Waals surface area contributed by atoms with Gasteiger partial charge in [-0.25, -0.2) is 0 Å². The first-order valence-electron chi connectivity index (χ1n) is 5.66. The lowest BCUT2D eigenvalue weighted by molar-refractivity contribution is -0.384. The van der Waals surface area contributed by atoms with Crippen molar-refractivity contribution >= 4 is 34.0 Å². The van der Waals surface area contributed by atoms with Crippen LogP contribution in [0.3, 0.4) is 0 Å². The van der Waals surface area contributed by atoms with Gasteiger partial charge in [0.05, 0.1) is 18.1 Å². The van der Waals surface area contributed by atoms with E-state index in [2.05, 4.69) is 33.2 Å². The summed E-state index contributed by atoms with van der Waals surface area (Å²) in [7, 11) is 0. The van der Waals surface area contributed by atoms with Gasteiger partial charge in [0.25, 0.3) is 5.69 Å². The third-order valence-corrected chi connectivity index (χ3v) is 3.59. The number of nitrogens with zero attached hydrogens (tertiary/aromatic N) is 1. The van der Waals surface area contributed by atoms with Gasteiger partial charge in [0.1, 0.15) is 0 Å². The van der Waals surface area contributed by atoms with Gasteiger partial charge in [0, 0.05) is 40.5 Å². The molecule has 1 aromatic rings. The predicted molar refractivity (Wildman–Crippen MR) is 76.9 cm³/mol. The summed E-state index contributed by atoms with van der Waals surface area (Å²) >= 11 is 2.09. The second-order valence-electron chi connectivity index (χ2n) is 4.03. The Hall–Kier alpha value is -0.930. The highest BCUT2D eigenvalue weighted by atomic mass is 127. The van der Waals surface area contributed by atoms with Gasteiger partial charge in [-0.2, -0.15) is 0 Å². The normalized spacial score (nSPS) is 19.5. The van der Waals surface area contributed by atoms with E-state index in [0.717, 1.165) is 29.0 Å². The lowest BCUT2D eigenvalue weighted by Gasteiger charge is -2.24. The molecule has 1 aliphatic heterocycles. The van der Waals surface area contributed by atoms with Crippen molar-refractivity contribution in [3.63, 3.8) is 0 Å². The molecule has 0 saturated carbocycles. The number of nitro benzene ring substituents is 1. The zero-order chi connectivity index (χ0) is 13.0. The summed E-state index contributed by atoms with van der Waals surface area (Å²) in [6.07, 6.45) is 0. The lowest BCUT2D eigenvalue weighted by Crippen LogP contribution is -2.45. The molecule has 0 spiro atoms. The Kier molecular flexibility index (Phi) is 4.72. The molecule has 1 aromatic carbocycles. The number of ether oxygens (including phenoxy) is 1. The summed E-state index contributed by atoms with van der Waals surface area (Å²) in [6, 6.07) is 5.09. The molecule has 2 N–H and O–H groups in total. The lowest BCUT2D eigenvalue weighted by atomic mass is 10.2. The van der Waals surface area contributed by atoms with Crippen LogP contribution < -0.4 is 10.6 Å². The van der Waals surface area contributed by atoms with Crippen molar-refractivity contribution in [2.45, 2.75) is 6.04 Å². The van der Waals surface area contributed by atoms with Crippen molar-refractivity contribution in [1.82, 2.24) is 5.32 Å². The third-order valence-electron chi connectivity index (χ3n) is 2.70. The number of hydrogen-bond acceptors (Lipinski definition) is 5.